The van der Waals surface area contributed by atoms with Crippen LogP contribution in [0.25, 0.3) is 22.6 Å². The number of nitrogens with zero attached hydrogens (tertiary/aromatic N) is 4. The van der Waals surface area contributed by atoms with Gasteiger partial charge in [0.15, 0.2) is 14.6 Å². The van der Waals surface area contributed by atoms with Crippen LogP contribution in [0.2, 0.25) is 5.15 Å². The van der Waals surface area contributed by atoms with Crippen molar-refractivity contribution >= 4 is 45.4 Å². The van der Waals surface area contributed by atoms with E-state index in [1.165, 1.54) is 12.1 Å². The maximum atomic E-state index is 13.5. The first-order valence-corrected chi connectivity index (χ1v) is 7.52. The maximum Gasteiger partial charge on any atom is 0.194 e. The summed E-state index contributed by atoms with van der Waals surface area (Å²) in [6.45, 7) is 4.23. The van der Waals surface area contributed by atoms with Gasteiger partial charge in [-0.3, -0.25) is 0 Å². The van der Waals surface area contributed by atoms with Gasteiger partial charge in [-0.25, -0.2) is 19.3 Å². The highest BCUT2D eigenvalue weighted by molar-refractivity contribution is 14.1. The van der Waals surface area contributed by atoms with Crippen molar-refractivity contribution in [3.8, 4) is 11.4 Å². The second-order valence-corrected chi connectivity index (χ2v) is 5.62. The van der Waals surface area contributed by atoms with Crippen molar-refractivity contribution < 1.29 is 4.39 Å². The van der Waals surface area contributed by atoms with E-state index in [9.17, 15) is 4.39 Å². The predicted octanol–water partition coefficient (Wildman–Crippen LogP) is 4.08. The van der Waals surface area contributed by atoms with Crippen LogP contribution in [0.1, 0.15) is 0 Å². The van der Waals surface area contributed by atoms with Gasteiger partial charge >= 0.3 is 0 Å². The van der Waals surface area contributed by atoms with Gasteiger partial charge in [-0.2, -0.15) is 0 Å². The van der Waals surface area contributed by atoms with Crippen molar-refractivity contribution in [2.24, 2.45) is 0 Å². The molecule has 0 aliphatic heterocycles. The molecule has 106 valence electrons. The highest BCUT2D eigenvalue weighted by Crippen LogP contribution is 2.28. The van der Waals surface area contributed by atoms with Crippen LogP contribution in [-0.2, 0) is 6.54 Å². The Balaban J connectivity index is 2.34. The highest BCUT2D eigenvalue weighted by atomic mass is 127. The van der Waals surface area contributed by atoms with Crippen molar-refractivity contribution in [2.75, 3.05) is 0 Å². The Kier molecular flexibility index (Phi) is 3.90. The van der Waals surface area contributed by atoms with Gasteiger partial charge in [0.05, 0.1) is 0 Å². The number of benzene rings is 1. The lowest BCUT2D eigenvalue weighted by molar-refractivity contribution is 0.628. The molecule has 3 rings (SSSR count). The molecule has 0 saturated carbocycles. The highest BCUT2D eigenvalue weighted by Gasteiger charge is 2.17. The van der Waals surface area contributed by atoms with Crippen LogP contribution >= 0.6 is 34.2 Å². The Hall–Kier alpha value is -1.54. The summed E-state index contributed by atoms with van der Waals surface area (Å²) in [5.74, 6) is 0.263. The molecule has 2 aromatic heterocycles. The molecule has 4 nitrogen and oxygen atoms in total. The van der Waals surface area contributed by atoms with Crippen LogP contribution in [-0.4, -0.2) is 19.5 Å². The molecule has 0 fully saturated rings. The van der Waals surface area contributed by atoms with E-state index in [2.05, 4.69) is 21.5 Å². The topological polar surface area (TPSA) is 43.6 Å². The standard InChI is InChI=1S/C14H9ClFIN4/c1-2-6-21-12(8-4-3-5-9(16)7-8)18-10-11(15)19-14(17)20-13(10)21/h2-5,7H,1,6H2. The molecule has 7 heteroatoms. The summed E-state index contributed by atoms with van der Waals surface area (Å²) < 4.78 is 15.8. The minimum Gasteiger partial charge on any atom is -0.305 e. The Morgan fingerprint density at radius 3 is 2.86 bits per heavy atom. The largest absolute Gasteiger partial charge is 0.305 e. The summed E-state index contributed by atoms with van der Waals surface area (Å²) >= 11 is 8.13. The number of imidazole rings is 1. The number of fused-ring (bicyclic) bond motifs is 1. The van der Waals surface area contributed by atoms with E-state index in [1.54, 1.807) is 18.2 Å². The average Bonchev–Trinajstić information content (AvgIpc) is 2.79. The fraction of sp³-hybridized carbons (Fsp3) is 0.0714. The van der Waals surface area contributed by atoms with Gasteiger partial charge in [-0.1, -0.05) is 29.8 Å². The van der Waals surface area contributed by atoms with E-state index in [1.807, 2.05) is 27.2 Å². The van der Waals surface area contributed by atoms with Crippen LogP contribution in [0, 0.1) is 9.65 Å². The van der Waals surface area contributed by atoms with Crippen molar-refractivity contribution in [1.82, 2.24) is 19.5 Å². The first-order valence-electron chi connectivity index (χ1n) is 6.06. The van der Waals surface area contributed by atoms with Crippen molar-refractivity contribution in [2.45, 2.75) is 6.54 Å². The zero-order valence-electron chi connectivity index (χ0n) is 10.7. The smallest absolute Gasteiger partial charge is 0.194 e. The van der Waals surface area contributed by atoms with Crippen molar-refractivity contribution in [3.63, 3.8) is 0 Å². The molecule has 21 heavy (non-hydrogen) atoms. The van der Waals surface area contributed by atoms with Crippen LogP contribution in [0.4, 0.5) is 4.39 Å². The van der Waals surface area contributed by atoms with Crippen LogP contribution in [0.3, 0.4) is 0 Å². The average molecular weight is 415 g/mol. The molecule has 0 bridgehead atoms. The Morgan fingerprint density at radius 2 is 2.14 bits per heavy atom. The number of halogens is 3. The summed E-state index contributed by atoms with van der Waals surface area (Å²) in [6, 6.07) is 6.24. The summed E-state index contributed by atoms with van der Waals surface area (Å²) in [4.78, 5) is 12.9. The Bertz CT molecular complexity index is 846. The number of rotatable bonds is 3. The van der Waals surface area contributed by atoms with Gasteiger partial charge in [0.2, 0.25) is 0 Å². The van der Waals surface area contributed by atoms with Crippen molar-refractivity contribution in [1.29, 1.82) is 0 Å². The molecule has 0 aliphatic rings. The van der Waals surface area contributed by atoms with Gasteiger partial charge in [-0.05, 0) is 12.1 Å². The number of hydrogen-bond acceptors (Lipinski definition) is 3. The van der Waals surface area contributed by atoms with Gasteiger partial charge in [0, 0.05) is 34.7 Å². The van der Waals surface area contributed by atoms with E-state index >= 15 is 0 Å². The lowest BCUT2D eigenvalue weighted by atomic mass is 10.2. The molecular weight excluding hydrogens is 406 g/mol. The zero-order valence-corrected chi connectivity index (χ0v) is 13.6. The molecule has 0 saturated heterocycles. The van der Waals surface area contributed by atoms with Gasteiger partial charge < -0.3 is 4.57 Å². The lowest BCUT2D eigenvalue weighted by Gasteiger charge is -2.06. The van der Waals surface area contributed by atoms with E-state index in [4.69, 9.17) is 11.6 Å². The fourth-order valence-electron chi connectivity index (χ4n) is 2.09. The maximum absolute atomic E-state index is 13.5. The van der Waals surface area contributed by atoms with Gasteiger partial charge in [0.25, 0.3) is 0 Å². The van der Waals surface area contributed by atoms with Crippen LogP contribution in [0.15, 0.2) is 36.9 Å². The first kappa shape index (κ1) is 14.4. The third kappa shape index (κ3) is 2.65. The first-order chi connectivity index (χ1) is 10.1. The second-order valence-electron chi connectivity index (χ2n) is 4.30. The molecule has 0 N–H and O–H groups in total. The van der Waals surface area contributed by atoms with E-state index < -0.39 is 0 Å². The monoisotopic (exact) mass is 414 g/mol. The molecular formula is C14H9ClFIN4. The molecule has 0 amide bonds. The van der Waals surface area contributed by atoms with Crippen LogP contribution < -0.4 is 0 Å². The molecule has 0 aliphatic carbocycles. The normalized spacial score (nSPS) is 11.0. The third-order valence-electron chi connectivity index (χ3n) is 2.92. The fourth-order valence-corrected chi connectivity index (χ4v) is 2.91. The molecule has 1 aromatic carbocycles. The number of allylic oxidation sites excluding steroid dienone is 1. The molecule has 3 aromatic rings. The molecule has 0 unspecified atom stereocenters. The summed E-state index contributed by atoms with van der Waals surface area (Å²) in [5.41, 5.74) is 1.76. The Morgan fingerprint density at radius 1 is 1.33 bits per heavy atom. The quantitative estimate of drug-likeness (QED) is 0.281. The van der Waals surface area contributed by atoms with Gasteiger partial charge in [-0.15, -0.1) is 6.58 Å². The number of hydrogen-bond donors (Lipinski definition) is 0. The van der Waals surface area contributed by atoms with E-state index in [0.717, 1.165) is 0 Å². The minimum absolute atomic E-state index is 0.282. The number of aromatic nitrogens is 4. The zero-order chi connectivity index (χ0) is 15.0. The molecule has 0 spiro atoms. The van der Waals surface area contributed by atoms with E-state index in [0.29, 0.717) is 32.9 Å². The molecule has 0 atom stereocenters. The summed E-state index contributed by atoms with van der Waals surface area (Å²) in [5, 5.41) is 0.282. The Labute approximate surface area is 138 Å². The van der Waals surface area contributed by atoms with Crippen molar-refractivity contribution in [3.05, 3.63) is 51.7 Å². The third-order valence-corrected chi connectivity index (χ3v) is 3.67. The van der Waals surface area contributed by atoms with E-state index in [-0.39, 0.29) is 11.0 Å². The minimum atomic E-state index is -0.323. The predicted molar refractivity (Wildman–Crippen MR) is 88.6 cm³/mol. The van der Waals surface area contributed by atoms with Gasteiger partial charge in [0.1, 0.15) is 17.2 Å². The molecule has 0 radical (unpaired) electrons. The van der Waals surface area contributed by atoms with Crippen LogP contribution in [0.5, 0.6) is 0 Å². The molecule has 2 heterocycles. The SMILES string of the molecule is C=CCn1c(-c2cccc(F)c2)nc2c(Cl)nc(I)nc21. The summed E-state index contributed by atoms with van der Waals surface area (Å²) in [6.07, 6.45) is 1.73. The summed E-state index contributed by atoms with van der Waals surface area (Å²) in [7, 11) is 0. The lowest BCUT2D eigenvalue weighted by Crippen LogP contribution is -2.01. The second kappa shape index (κ2) is 5.69.